The molecule has 0 aliphatic carbocycles. The highest BCUT2D eigenvalue weighted by atomic mass is 16.2. The Labute approximate surface area is 128 Å². The maximum atomic E-state index is 12.5. The van der Waals surface area contributed by atoms with E-state index in [2.05, 4.69) is 36.1 Å². The van der Waals surface area contributed by atoms with E-state index in [0.717, 1.165) is 38.2 Å². The number of amides is 1. The van der Waals surface area contributed by atoms with E-state index in [1.54, 1.807) is 12.4 Å². The number of nitrogens with one attached hydrogen (secondary N) is 1. The molecule has 0 aliphatic heterocycles. The number of anilines is 1. The van der Waals surface area contributed by atoms with E-state index in [-0.39, 0.29) is 5.91 Å². The van der Waals surface area contributed by atoms with Gasteiger partial charge in [-0.1, -0.05) is 33.6 Å². The van der Waals surface area contributed by atoms with Crippen LogP contribution in [0.15, 0.2) is 12.4 Å². The van der Waals surface area contributed by atoms with Gasteiger partial charge in [-0.3, -0.25) is 4.79 Å². The fourth-order valence-corrected chi connectivity index (χ4v) is 2.16. The highest BCUT2D eigenvalue weighted by Gasteiger charge is 2.18. The maximum absolute atomic E-state index is 12.5. The van der Waals surface area contributed by atoms with Crippen LogP contribution in [0.4, 0.5) is 5.82 Å². The van der Waals surface area contributed by atoms with Crippen LogP contribution in [-0.2, 0) is 0 Å². The average molecular weight is 292 g/mol. The Morgan fingerprint density at radius 2 is 1.90 bits per heavy atom. The molecule has 0 saturated carbocycles. The van der Waals surface area contributed by atoms with Crippen LogP contribution in [0.25, 0.3) is 0 Å². The van der Waals surface area contributed by atoms with Gasteiger partial charge in [-0.2, -0.15) is 0 Å². The van der Waals surface area contributed by atoms with Crippen LogP contribution < -0.4 is 5.32 Å². The monoisotopic (exact) mass is 292 g/mol. The van der Waals surface area contributed by atoms with Crippen molar-refractivity contribution < 1.29 is 4.79 Å². The summed E-state index contributed by atoms with van der Waals surface area (Å²) < 4.78 is 0. The summed E-state index contributed by atoms with van der Waals surface area (Å²) in [6, 6.07) is 0. The topological polar surface area (TPSA) is 58.1 Å². The van der Waals surface area contributed by atoms with Gasteiger partial charge >= 0.3 is 0 Å². The summed E-state index contributed by atoms with van der Waals surface area (Å²) in [4.78, 5) is 22.8. The van der Waals surface area contributed by atoms with Gasteiger partial charge in [0.1, 0.15) is 11.5 Å². The summed E-state index contributed by atoms with van der Waals surface area (Å²) in [5, 5.41) is 3.16. The summed E-state index contributed by atoms with van der Waals surface area (Å²) in [5.74, 6) is 1.24. The number of carbonyl (C=O) groups is 1. The highest BCUT2D eigenvalue weighted by molar-refractivity contribution is 5.92. The first-order valence-electron chi connectivity index (χ1n) is 8.01. The van der Waals surface area contributed by atoms with Crippen molar-refractivity contribution in [3.05, 3.63) is 18.1 Å². The Hall–Kier alpha value is -1.65. The number of hydrogen-bond acceptors (Lipinski definition) is 4. The second-order valence-electron chi connectivity index (χ2n) is 5.24. The molecule has 5 heteroatoms. The van der Waals surface area contributed by atoms with Crippen LogP contribution in [-0.4, -0.2) is 40.4 Å². The zero-order chi connectivity index (χ0) is 15.7. The van der Waals surface area contributed by atoms with E-state index in [9.17, 15) is 4.79 Å². The molecule has 5 nitrogen and oxygen atoms in total. The molecule has 118 valence electrons. The molecule has 1 aromatic heterocycles. The molecule has 0 spiro atoms. The molecule has 0 radical (unpaired) electrons. The molecule has 1 aromatic rings. The molecule has 0 bridgehead atoms. The van der Waals surface area contributed by atoms with Crippen molar-refractivity contribution in [3.63, 3.8) is 0 Å². The van der Waals surface area contributed by atoms with E-state index in [0.29, 0.717) is 18.2 Å². The smallest absolute Gasteiger partial charge is 0.274 e. The van der Waals surface area contributed by atoms with Crippen LogP contribution >= 0.6 is 0 Å². The Morgan fingerprint density at radius 3 is 2.38 bits per heavy atom. The molecule has 21 heavy (non-hydrogen) atoms. The molecule has 0 atom stereocenters. The lowest BCUT2D eigenvalue weighted by Gasteiger charge is -2.25. The van der Waals surface area contributed by atoms with Gasteiger partial charge < -0.3 is 10.2 Å². The average Bonchev–Trinajstić information content (AvgIpc) is 2.54. The van der Waals surface area contributed by atoms with Crippen molar-refractivity contribution >= 4 is 11.7 Å². The summed E-state index contributed by atoms with van der Waals surface area (Å²) in [6.45, 7) is 10.8. The van der Waals surface area contributed by atoms with E-state index < -0.39 is 0 Å². The Bertz CT molecular complexity index is 415. The van der Waals surface area contributed by atoms with Crippen LogP contribution in [0.5, 0.6) is 0 Å². The number of carbonyl (C=O) groups excluding carboxylic acids is 1. The number of hydrogen-bond donors (Lipinski definition) is 1. The number of nitrogens with zero attached hydrogens (tertiary/aromatic N) is 3. The minimum Gasteiger partial charge on any atom is -0.369 e. The van der Waals surface area contributed by atoms with Gasteiger partial charge in [0.05, 0.1) is 12.4 Å². The normalized spacial score (nSPS) is 10.7. The molecule has 0 fully saturated rings. The molecule has 1 amide bonds. The minimum absolute atomic E-state index is 0.0288. The summed E-state index contributed by atoms with van der Waals surface area (Å²) in [5.41, 5.74) is 0.421. The van der Waals surface area contributed by atoms with Crippen molar-refractivity contribution in [1.29, 1.82) is 0 Å². The lowest BCUT2D eigenvalue weighted by Crippen LogP contribution is -2.35. The summed E-state index contributed by atoms with van der Waals surface area (Å²) in [6.07, 6.45) is 6.41. The van der Waals surface area contributed by atoms with Gasteiger partial charge in [0.25, 0.3) is 5.91 Å². The molecular formula is C16H28N4O. The van der Waals surface area contributed by atoms with Crippen molar-refractivity contribution in [1.82, 2.24) is 14.9 Å². The van der Waals surface area contributed by atoms with Gasteiger partial charge in [0.15, 0.2) is 0 Å². The largest absolute Gasteiger partial charge is 0.369 e. The van der Waals surface area contributed by atoms with Gasteiger partial charge in [0.2, 0.25) is 0 Å². The van der Waals surface area contributed by atoms with Gasteiger partial charge in [-0.25, -0.2) is 9.97 Å². The van der Waals surface area contributed by atoms with Crippen LogP contribution in [0.3, 0.4) is 0 Å². The Balaban J connectivity index is 2.71. The highest BCUT2D eigenvalue weighted by Crippen LogP contribution is 2.12. The predicted molar refractivity (Wildman–Crippen MR) is 86.5 cm³/mol. The third-order valence-corrected chi connectivity index (χ3v) is 3.73. The molecule has 1 N–H and O–H groups in total. The first-order valence-corrected chi connectivity index (χ1v) is 8.01. The molecule has 0 aromatic carbocycles. The fourth-order valence-electron chi connectivity index (χ4n) is 2.16. The second-order valence-corrected chi connectivity index (χ2v) is 5.24. The van der Waals surface area contributed by atoms with E-state index >= 15 is 0 Å². The first kappa shape index (κ1) is 17.4. The number of rotatable bonds is 9. The fraction of sp³-hybridized carbons (Fsp3) is 0.688. The molecular weight excluding hydrogens is 264 g/mol. The maximum Gasteiger partial charge on any atom is 0.274 e. The van der Waals surface area contributed by atoms with Gasteiger partial charge in [-0.05, 0) is 19.3 Å². The van der Waals surface area contributed by atoms with Gasteiger partial charge in [0, 0.05) is 19.6 Å². The summed E-state index contributed by atoms with van der Waals surface area (Å²) >= 11 is 0. The van der Waals surface area contributed by atoms with Crippen LogP contribution in [0.2, 0.25) is 0 Å². The first-order chi connectivity index (χ1) is 10.2. The predicted octanol–water partition coefficient (Wildman–Crippen LogP) is 3.20. The van der Waals surface area contributed by atoms with Crippen molar-refractivity contribution in [2.75, 3.05) is 25.0 Å². The Kier molecular flexibility index (Phi) is 7.72. The second kappa shape index (κ2) is 9.32. The lowest BCUT2D eigenvalue weighted by atomic mass is 10.0. The quantitative estimate of drug-likeness (QED) is 0.759. The van der Waals surface area contributed by atoms with Gasteiger partial charge in [-0.15, -0.1) is 0 Å². The molecule has 1 rings (SSSR count). The molecule has 0 unspecified atom stereocenters. The third kappa shape index (κ3) is 5.33. The van der Waals surface area contributed by atoms with Crippen molar-refractivity contribution in [2.45, 2.75) is 47.0 Å². The zero-order valence-corrected chi connectivity index (χ0v) is 13.7. The lowest BCUT2D eigenvalue weighted by molar-refractivity contribution is 0.0728. The van der Waals surface area contributed by atoms with Crippen LogP contribution in [0.1, 0.15) is 57.4 Å². The van der Waals surface area contributed by atoms with Crippen molar-refractivity contribution in [2.24, 2.45) is 5.92 Å². The SMILES string of the molecule is CCCNc1cnc(C(=O)N(CC)CC(CC)CC)cn1. The Morgan fingerprint density at radius 1 is 1.19 bits per heavy atom. The van der Waals surface area contributed by atoms with E-state index in [4.69, 9.17) is 0 Å². The summed E-state index contributed by atoms with van der Waals surface area (Å²) in [7, 11) is 0. The van der Waals surface area contributed by atoms with E-state index in [1.165, 1.54) is 0 Å². The van der Waals surface area contributed by atoms with Crippen molar-refractivity contribution in [3.8, 4) is 0 Å². The molecule has 1 heterocycles. The third-order valence-electron chi connectivity index (χ3n) is 3.73. The number of aromatic nitrogens is 2. The standard InChI is InChI=1S/C16H28N4O/c1-5-9-17-15-11-18-14(10-19-15)16(21)20(8-4)12-13(6-2)7-3/h10-11,13H,5-9,12H2,1-4H3,(H,17,19). The molecule has 0 saturated heterocycles. The van der Waals surface area contributed by atoms with E-state index in [1.807, 2.05) is 11.8 Å². The molecule has 0 aliphatic rings. The minimum atomic E-state index is -0.0288. The zero-order valence-electron chi connectivity index (χ0n) is 13.7. The van der Waals surface area contributed by atoms with Crippen LogP contribution in [0, 0.1) is 5.92 Å².